The van der Waals surface area contributed by atoms with Crippen LogP contribution in [0.5, 0.6) is 0 Å². The number of primary amides is 1. The van der Waals surface area contributed by atoms with E-state index >= 15 is 0 Å². The van der Waals surface area contributed by atoms with E-state index in [9.17, 15) is 9.59 Å². The number of amides is 2. The van der Waals surface area contributed by atoms with Gasteiger partial charge in [0.25, 0.3) is 0 Å². The fourth-order valence-electron chi connectivity index (χ4n) is 2.77. The summed E-state index contributed by atoms with van der Waals surface area (Å²) in [6.45, 7) is 4.70. The third-order valence-corrected chi connectivity index (χ3v) is 4.09. The van der Waals surface area contributed by atoms with Gasteiger partial charge in [-0.25, -0.2) is 0 Å². The van der Waals surface area contributed by atoms with Crippen LogP contribution in [0, 0.1) is 5.41 Å². The number of nitrogens with two attached hydrogens (primary N) is 1. The number of morpholine rings is 1. The number of nitrogens with one attached hydrogen (secondary N) is 1. The van der Waals surface area contributed by atoms with Crippen LogP contribution < -0.4 is 11.1 Å². The Morgan fingerprint density at radius 2 is 2.33 bits per heavy atom. The highest BCUT2D eigenvalue weighted by Crippen LogP contribution is 2.32. The third kappa shape index (κ3) is 2.22. The van der Waals surface area contributed by atoms with Crippen molar-refractivity contribution in [1.29, 1.82) is 0 Å². The predicted molar refractivity (Wildman–Crippen MR) is 65.7 cm³/mol. The Labute approximate surface area is 107 Å². The Morgan fingerprint density at radius 1 is 1.56 bits per heavy atom. The van der Waals surface area contributed by atoms with Gasteiger partial charge in [-0.1, -0.05) is 6.92 Å². The number of rotatable bonds is 3. The van der Waals surface area contributed by atoms with Crippen LogP contribution in [0.1, 0.15) is 19.8 Å². The smallest absolute Gasteiger partial charge is 0.242 e. The lowest BCUT2D eigenvalue weighted by atomic mass is 9.82. The molecule has 6 heteroatoms. The minimum Gasteiger partial charge on any atom is -0.377 e. The molecule has 0 spiro atoms. The number of hydrogen-bond donors (Lipinski definition) is 2. The highest BCUT2D eigenvalue weighted by Gasteiger charge is 2.45. The van der Waals surface area contributed by atoms with Crippen LogP contribution in [0.3, 0.4) is 0 Å². The fourth-order valence-corrected chi connectivity index (χ4v) is 2.77. The molecule has 2 rings (SSSR count). The molecular weight excluding hydrogens is 234 g/mol. The van der Waals surface area contributed by atoms with Crippen LogP contribution >= 0.6 is 0 Å². The van der Waals surface area contributed by atoms with Crippen molar-refractivity contribution >= 4 is 11.8 Å². The van der Waals surface area contributed by atoms with E-state index in [4.69, 9.17) is 10.5 Å². The lowest BCUT2D eigenvalue weighted by Gasteiger charge is -2.39. The van der Waals surface area contributed by atoms with Gasteiger partial charge in [0, 0.05) is 13.1 Å². The average molecular weight is 255 g/mol. The Balaban J connectivity index is 2.17. The van der Waals surface area contributed by atoms with Crippen molar-refractivity contribution in [1.82, 2.24) is 10.2 Å². The van der Waals surface area contributed by atoms with E-state index < -0.39 is 11.9 Å². The normalized spacial score (nSPS) is 32.5. The van der Waals surface area contributed by atoms with Gasteiger partial charge in [-0.2, -0.15) is 0 Å². The van der Waals surface area contributed by atoms with E-state index in [1.165, 1.54) is 0 Å². The summed E-state index contributed by atoms with van der Waals surface area (Å²) in [4.78, 5) is 25.7. The monoisotopic (exact) mass is 255 g/mol. The van der Waals surface area contributed by atoms with Crippen LogP contribution in [-0.2, 0) is 14.3 Å². The van der Waals surface area contributed by atoms with Crippen LogP contribution in [0.25, 0.3) is 0 Å². The highest BCUT2D eigenvalue weighted by atomic mass is 16.5. The standard InChI is InChI=1S/C12H21N3O3/c1-2-12(3-4-14-8-12)11(17)15-5-6-18-7-9(15)10(13)16/h9,14H,2-8H2,1H3,(H2,13,16). The molecule has 2 heterocycles. The molecule has 2 amide bonds. The summed E-state index contributed by atoms with van der Waals surface area (Å²) in [6, 6.07) is -0.615. The van der Waals surface area contributed by atoms with E-state index in [0.29, 0.717) is 19.7 Å². The molecule has 0 aromatic rings. The first-order chi connectivity index (χ1) is 8.60. The number of ether oxygens (including phenoxy) is 1. The van der Waals surface area contributed by atoms with Crippen molar-refractivity contribution in [2.75, 3.05) is 32.8 Å². The minimum absolute atomic E-state index is 0.0436. The fraction of sp³-hybridized carbons (Fsp3) is 0.833. The summed E-state index contributed by atoms with van der Waals surface area (Å²) in [5.74, 6) is -0.442. The number of hydrogen-bond acceptors (Lipinski definition) is 4. The van der Waals surface area contributed by atoms with Crippen molar-refractivity contribution in [2.24, 2.45) is 11.1 Å². The molecule has 0 aromatic heterocycles. The second kappa shape index (κ2) is 5.24. The molecule has 18 heavy (non-hydrogen) atoms. The molecule has 0 bridgehead atoms. The molecule has 6 nitrogen and oxygen atoms in total. The number of nitrogens with zero attached hydrogens (tertiary/aromatic N) is 1. The number of carbonyl (C=O) groups excluding carboxylic acids is 2. The molecule has 2 fully saturated rings. The quantitative estimate of drug-likeness (QED) is 0.683. The second-order valence-corrected chi connectivity index (χ2v) is 5.05. The van der Waals surface area contributed by atoms with Crippen LogP contribution in [0.4, 0.5) is 0 Å². The van der Waals surface area contributed by atoms with Gasteiger partial charge >= 0.3 is 0 Å². The van der Waals surface area contributed by atoms with Gasteiger partial charge in [-0.3, -0.25) is 9.59 Å². The summed E-state index contributed by atoms with van der Waals surface area (Å²) in [6.07, 6.45) is 1.60. The molecule has 102 valence electrons. The van der Waals surface area contributed by atoms with E-state index in [1.807, 2.05) is 6.92 Å². The molecule has 2 unspecified atom stereocenters. The molecule has 2 aliphatic heterocycles. The first kappa shape index (κ1) is 13.3. The summed E-state index contributed by atoms with van der Waals surface area (Å²) in [5.41, 5.74) is 4.98. The Kier molecular flexibility index (Phi) is 3.87. The first-order valence-electron chi connectivity index (χ1n) is 6.49. The molecule has 0 aromatic carbocycles. The predicted octanol–water partition coefficient (Wildman–Crippen LogP) is -0.911. The van der Waals surface area contributed by atoms with Crippen LogP contribution in [0.15, 0.2) is 0 Å². The first-order valence-corrected chi connectivity index (χ1v) is 6.49. The summed E-state index contributed by atoms with van der Waals surface area (Å²) >= 11 is 0. The molecule has 0 radical (unpaired) electrons. The van der Waals surface area contributed by atoms with E-state index in [1.54, 1.807) is 4.90 Å². The van der Waals surface area contributed by atoms with E-state index in [2.05, 4.69) is 5.32 Å². The summed E-state index contributed by atoms with van der Waals surface area (Å²) in [5, 5.41) is 3.23. The van der Waals surface area contributed by atoms with Gasteiger partial charge in [-0.05, 0) is 19.4 Å². The van der Waals surface area contributed by atoms with Crippen molar-refractivity contribution in [3.05, 3.63) is 0 Å². The lowest BCUT2D eigenvalue weighted by molar-refractivity contribution is -0.155. The van der Waals surface area contributed by atoms with Gasteiger partial charge < -0.3 is 20.7 Å². The van der Waals surface area contributed by atoms with Crippen molar-refractivity contribution in [3.8, 4) is 0 Å². The topological polar surface area (TPSA) is 84.7 Å². The molecule has 3 N–H and O–H groups in total. The van der Waals surface area contributed by atoms with Gasteiger partial charge in [0.1, 0.15) is 6.04 Å². The SMILES string of the molecule is CCC1(C(=O)N2CCOCC2C(N)=O)CCNC1. The van der Waals surface area contributed by atoms with Gasteiger partial charge in [0.05, 0.1) is 18.6 Å². The maximum absolute atomic E-state index is 12.7. The molecule has 2 aliphatic rings. The second-order valence-electron chi connectivity index (χ2n) is 5.05. The third-order valence-electron chi connectivity index (χ3n) is 4.09. The number of carbonyl (C=O) groups is 2. The Bertz CT molecular complexity index is 339. The Hall–Kier alpha value is -1.14. The van der Waals surface area contributed by atoms with Crippen molar-refractivity contribution < 1.29 is 14.3 Å². The molecule has 0 aliphatic carbocycles. The zero-order chi connectivity index (χ0) is 13.2. The highest BCUT2D eigenvalue weighted by molar-refractivity contribution is 5.90. The minimum atomic E-state index is -0.615. The van der Waals surface area contributed by atoms with E-state index in [-0.39, 0.29) is 17.9 Å². The van der Waals surface area contributed by atoms with Gasteiger partial charge in [-0.15, -0.1) is 0 Å². The van der Waals surface area contributed by atoms with E-state index in [0.717, 1.165) is 19.4 Å². The zero-order valence-corrected chi connectivity index (χ0v) is 10.8. The largest absolute Gasteiger partial charge is 0.377 e. The maximum atomic E-state index is 12.7. The van der Waals surface area contributed by atoms with Crippen LogP contribution in [0.2, 0.25) is 0 Å². The maximum Gasteiger partial charge on any atom is 0.242 e. The summed E-state index contributed by atoms with van der Waals surface area (Å²) in [7, 11) is 0. The average Bonchev–Trinajstić information content (AvgIpc) is 2.87. The molecule has 2 saturated heterocycles. The molecule has 0 saturated carbocycles. The lowest BCUT2D eigenvalue weighted by Crippen LogP contribution is -2.58. The van der Waals surface area contributed by atoms with Crippen LogP contribution in [-0.4, -0.2) is 55.6 Å². The molecular formula is C12H21N3O3. The summed E-state index contributed by atoms with van der Waals surface area (Å²) < 4.78 is 5.24. The van der Waals surface area contributed by atoms with Gasteiger partial charge in [0.2, 0.25) is 11.8 Å². The van der Waals surface area contributed by atoms with Crippen molar-refractivity contribution in [2.45, 2.75) is 25.8 Å². The van der Waals surface area contributed by atoms with Gasteiger partial charge in [0.15, 0.2) is 0 Å². The molecule has 2 atom stereocenters. The zero-order valence-electron chi connectivity index (χ0n) is 10.8. The Morgan fingerprint density at radius 3 is 2.89 bits per heavy atom. The van der Waals surface area contributed by atoms with Crippen molar-refractivity contribution in [3.63, 3.8) is 0 Å².